The predicted octanol–water partition coefficient (Wildman–Crippen LogP) is 2.08. The van der Waals surface area contributed by atoms with Gasteiger partial charge in [0.25, 0.3) is 5.91 Å². The molecule has 1 saturated heterocycles. The lowest BCUT2D eigenvalue weighted by molar-refractivity contribution is -0.115. The van der Waals surface area contributed by atoms with Gasteiger partial charge < -0.3 is 14.5 Å². The molecule has 2 N–H and O–H groups in total. The van der Waals surface area contributed by atoms with Crippen molar-refractivity contribution in [3.63, 3.8) is 0 Å². The third-order valence-corrected chi connectivity index (χ3v) is 3.43. The Hall–Kier alpha value is -2.93. The van der Waals surface area contributed by atoms with E-state index in [9.17, 15) is 9.59 Å². The second-order valence-electron chi connectivity index (χ2n) is 4.74. The lowest BCUT2D eigenvalue weighted by atomic mass is 10.1. The molecule has 1 aromatic carbocycles. The summed E-state index contributed by atoms with van der Waals surface area (Å²) in [5.74, 6) is 0.444. The van der Waals surface area contributed by atoms with Crippen LogP contribution in [0.1, 0.15) is 16.1 Å². The van der Waals surface area contributed by atoms with E-state index in [0.717, 1.165) is 5.56 Å². The minimum Gasteiger partial charge on any atom is -0.465 e. The number of hydrogen-bond donors (Lipinski definition) is 2. The quantitative estimate of drug-likeness (QED) is 0.510. The highest BCUT2D eigenvalue weighted by Gasteiger charge is 2.20. The van der Waals surface area contributed by atoms with Crippen molar-refractivity contribution in [2.75, 3.05) is 7.11 Å². The first-order valence-corrected chi connectivity index (χ1v) is 7.10. The van der Waals surface area contributed by atoms with Crippen molar-refractivity contribution >= 4 is 35.3 Å². The van der Waals surface area contributed by atoms with Crippen LogP contribution < -0.4 is 10.6 Å². The molecule has 1 aliphatic heterocycles. The Morgan fingerprint density at radius 2 is 1.91 bits per heavy atom. The molecule has 2 heterocycles. The summed E-state index contributed by atoms with van der Waals surface area (Å²) in [6, 6.07) is 10.4. The molecule has 0 saturated carbocycles. The summed E-state index contributed by atoms with van der Waals surface area (Å²) in [5.41, 5.74) is 1.60. The van der Waals surface area contributed by atoms with Gasteiger partial charge in [-0.3, -0.25) is 10.1 Å². The topological polar surface area (TPSA) is 80.6 Å². The molecular formula is C16H12N2O4S. The Kier molecular flexibility index (Phi) is 3.94. The number of carbonyl (C=O) groups excluding carboxylic acids is 2. The van der Waals surface area contributed by atoms with E-state index in [1.165, 1.54) is 7.11 Å². The summed E-state index contributed by atoms with van der Waals surface area (Å²) in [6.45, 7) is 0. The number of benzene rings is 1. The second-order valence-corrected chi connectivity index (χ2v) is 5.15. The fraction of sp³-hybridized carbons (Fsp3) is 0.0625. The standard InChI is InChI=1S/C16H12N2O4S/c1-21-15(20)10-4-2-9(3-5-10)13-7-6-11(22-13)8-12-14(19)18-16(23)17-12/h2-8H,1H3,(H2,17,18,19,23)/b12-8-. The van der Waals surface area contributed by atoms with Crippen LogP contribution in [0.25, 0.3) is 17.4 Å². The maximum Gasteiger partial charge on any atom is 0.337 e. The smallest absolute Gasteiger partial charge is 0.337 e. The highest BCUT2D eigenvalue weighted by Crippen LogP contribution is 2.24. The molecule has 7 heteroatoms. The Morgan fingerprint density at radius 3 is 2.52 bits per heavy atom. The first-order valence-electron chi connectivity index (χ1n) is 6.69. The van der Waals surface area contributed by atoms with Gasteiger partial charge in [-0.05, 0) is 36.5 Å². The van der Waals surface area contributed by atoms with Gasteiger partial charge in [0.1, 0.15) is 17.2 Å². The average molecular weight is 328 g/mol. The van der Waals surface area contributed by atoms with Crippen molar-refractivity contribution < 1.29 is 18.7 Å². The molecular weight excluding hydrogens is 316 g/mol. The largest absolute Gasteiger partial charge is 0.465 e. The van der Waals surface area contributed by atoms with Gasteiger partial charge in [-0.25, -0.2) is 4.79 Å². The zero-order valence-electron chi connectivity index (χ0n) is 12.1. The van der Waals surface area contributed by atoms with E-state index < -0.39 is 5.97 Å². The van der Waals surface area contributed by atoms with Crippen LogP contribution >= 0.6 is 12.2 Å². The molecule has 1 aliphatic rings. The highest BCUT2D eigenvalue weighted by molar-refractivity contribution is 7.80. The molecule has 1 aromatic heterocycles. The number of hydrogen-bond acceptors (Lipinski definition) is 5. The van der Waals surface area contributed by atoms with Crippen molar-refractivity contribution in [1.29, 1.82) is 0 Å². The minimum absolute atomic E-state index is 0.270. The molecule has 6 nitrogen and oxygen atoms in total. The minimum atomic E-state index is -0.393. The first kappa shape index (κ1) is 15.0. The summed E-state index contributed by atoms with van der Waals surface area (Å²) < 4.78 is 10.3. The van der Waals surface area contributed by atoms with E-state index in [1.54, 1.807) is 42.5 Å². The van der Waals surface area contributed by atoms with Crippen molar-refractivity contribution in [2.24, 2.45) is 0 Å². The Balaban J connectivity index is 1.82. The summed E-state index contributed by atoms with van der Waals surface area (Å²) in [5, 5.41) is 5.49. The number of furan rings is 1. The normalized spacial score (nSPS) is 15.4. The van der Waals surface area contributed by atoms with Crippen LogP contribution in [-0.4, -0.2) is 24.1 Å². The SMILES string of the molecule is COC(=O)c1ccc(-c2ccc(/C=C3\NC(=S)NC3=O)o2)cc1. The average Bonchev–Trinajstić information content (AvgIpc) is 3.14. The fourth-order valence-corrected chi connectivity index (χ4v) is 2.30. The molecule has 0 atom stereocenters. The second kappa shape index (κ2) is 6.05. The third-order valence-electron chi connectivity index (χ3n) is 3.22. The molecule has 0 unspecified atom stereocenters. The van der Waals surface area contributed by atoms with Crippen LogP contribution in [0.15, 0.2) is 46.5 Å². The molecule has 0 radical (unpaired) electrons. The zero-order chi connectivity index (χ0) is 16.4. The molecule has 23 heavy (non-hydrogen) atoms. The predicted molar refractivity (Wildman–Crippen MR) is 87.3 cm³/mol. The Labute approximate surface area is 137 Å². The number of carbonyl (C=O) groups is 2. The number of nitrogens with one attached hydrogen (secondary N) is 2. The zero-order valence-corrected chi connectivity index (χ0v) is 12.9. The maximum absolute atomic E-state index is 11.6. The summed E-state index contributed by atoms with van der Waals surface area (Å²) in [7, 11) is 1.33. The van der Waals surface area contributed by atoms with Crippen LogP contribution in [-0.2, 0) is 9.53 Å². The number of ether oxygens (including phenoxy) is 1. The molecule has 116 valence electrons. The lowest BCUT2D eigenvalue weighted by Crippen LogP contribution is -2.21. The van der Waals surface area contributed by atoms with Crippen LogP contribution in [0.5, 0.6) is 0 Å². The molecule has 0 bridgehead atoms. The first-order chi connectivity index (χ1) is 11.1. The van der Waals surface area contributed by atoms with Gasteiger partial charge in [0.15, 0.2) is 5.11 Å². The molecule has 2 aromatic rings. The molecule has 0 spiro atoms. The Morgan fingerprint density at radius 1 is 1.17 bits per heavy atom. The van der Waals surface area contributed by atoms with E-state index in [2.05, 4.69) is 15.4 Å². The van der Waals surface area contributed by atoms with Crippen LogP contribution in [0.3, 0.4) is 0 Å². The monoisotopic (exact) mass is 328 g/mol. The molecule has 1 fully saturated rings. The van der Waals surface area contributed by atoms with Crippen molar-refractivity contribution in [2.45, 2.75) is 0 Å². The van der Waals surface area contributed by atoms with E-state index in [4.69, 9.17) is 16.6 Å². The number of amides is 1. The Bertz CT molecular complexity index is 821. The molecule has 0 aliphatic carbocycles. The van der Waals surface area contributed by atoms with Gasteiger partial charge >= 0.3 is 5.97 Å². The number of thiocarbonyl (C=S) groups is 1. The van der Waals surface area contributed by atoms with Crippen LogP contribution in [0.2, 0.25) is 0 Å². The highest BCUT2D eigenvalue weighted by atomic mass is 32.1. The lowest BCUT2D eigenvalue weighted by Gasteiger charge is -2.00. The fourth-order valence-electron chi connectivity index (χ4n) is 2.10. The third kappa shape index (κ3) is 3.14. The van der Waals surface area contributed by atoms with E-state index in [1.807, 2.05) is 0 Å². The number of rotatable bonds is 3. The van der Waals surface area contributed by atoms with Crippen molar-refractivity contribution in [1.82, 2.24) is 10.6 Å². The van der Waals surface area contributed by atoms with Crippen molar-refractivity contribution in [3.8, 4) is 11.3 Å². The number of esters is 1. The molecule has 3 rings (SSSR count). The maximum atomic E-state index is 11.6. The van der Waals surface area contributed by atoms with Crippen LogP contribution in [0, 0.1) is 0 Å². The van der Waals surface area contributed by atoms with E-state index in [-0.39, 0.29) is 11.0 Å². The van der Waals surface area contributed by atoms with Crippen LogP contribution in [0.4, 0.5) is 0 Å². The summed E-state index contributed by atoms with van der Waals surface area (Å²) >= 11 is 4.86. The van der Waals surface area contributed by atoms with Gasteiger partial charge in [0.05, 0.1) is 12.7 Å². The van der Waals surface area contributed by atoms with Crippen molar-refractivity contribution in [3.05, 3.63) is 53.4 Å². The molecule has 1 amide bonds. The van der Waals surface area contributed by atoms with E-state index >= 15 is 0 Å². The van der Waals surface area contributed by atoms with Gasteiger partial charge in [0.2, 0.25) is 0 Å². The van der Waals surface area contributed by atoms with Gasteiger partial charge in [-0.1, -0.05) is 12.1 Å². The van der Waals surface area contributed by atoms with Gasteiger partial charge in [-0.2, -0.15) is 0 Å². The van der Waals surface area contributed by atoms with Gasteiger partial charge in [-0.15, -0.1) is 0 Å². The summed E-state index contributed by atoms with van der Waals surface area (Å²) in [4.78, 5) is 23.0. The van der Waals surface area contributed by atoms with E-state index in [0.29, 0.717) is 22.8 Å². The summed E-state index contributed by atoms with van der Waals surface area (Å²) in [6.07, 6.45) is 1.57. The van der Waals surface area contributed by atoms with Gasteiger partial charge in [0, 0.05) is 11.6 Å². The number of methoxy groups -OCH3 is 1.